The van der Waals surface area contributed by atoms with Gasteiger partial charge in [0.15, 0.2) is 0 Å². The monoisotopic (exact) mass is 256 g/mol. The van der Waals surface area contributed by atoms with Gasteiger partial charge in [0.05, 0.1) is 12.8 Å². The lowest BCUT2D eigenvalue weighted by molar-refractivity contribution is 0.281. The SMILES string of the molecule is CN(C)CCCOc1ccc(Cl)cc1C=NO. The Labute approximate surface area is 106 Å². The molecule has 0 amide bonds. The van der Waals surface area contributed by atoms with Crippen LogP contribution in [0.1, 0.15) is 12.0 Å². The molecule has 0 saturated heterocycles. The highest BCUT2D eigenvalue weighted by Gasteiger charge is 2.03. The molecule has 0 heterocycles. The van der Waals surface area contributed by atoms with Gasteiger partial charge in [0.1, 0.15) is 5.75 Å². The van der Waals surface area contributed by atoms with Gasteiger partial charge in [-0.15, -0.1) is 0 Å². The van der Waals surface area contributed by atoms with Crippen molar-refractivity contribution in [1.82, 2.24) is 4.90 Å². The zero-order chi connectivity index (χ0) is 12.7. The van der Waals surface area contributed by atoms with Gasteiger partial charge in [-0.3, -0.25) is 0 Å². The molecule has 0 aliphatic heterocycles. The van der Waals surface area contributed by atoms with Crippen LogP contribution >= 0.6 is 11.6 Å². The second kappa shape index (κ2) is 7.14. The van der Waals surface area contributed by atoms with Gasteiger partial charge in [0.2, 0.25) is 0 Å². The number of benzene rings is 1. The van der Waals surface area contributed by atoms with Crippen molar-refractivity contribution in [3.63, 3.8) is 0 Å². The predicted molar refractivity (Wildman–Crippen MR) is 69.5 cm³/mol. The fourth-order valence-corrected chi connectivity index (χ4v) is 1.56. The molecule has 5 heteroatoms. The molecule has 4 nitrogen and oxygen atoms in total. The van der Waals surface area contributed by atoms with Crippen LogP contribution in [0.25, 0.3) is 0 Å². The first kappa shape index (κ1) is 13.8. The summed E-state index contributed by atoms with van der Waals surface area (Å²) in [7, 11) is 4.04. The van der Waals surface area contributed by atoms with E-state index in [1.54, 1.807) is 18.2 Å². The Kier molecular flexibility index (Phi) is 5.80. The highest BCUT2D eigenvalue weighted by atomic mass is 35.5. The normalized spacial score (nSPS) is 11.3. The lowest BCUT2D eigenvalue weighted by Gasteiger charge is -2.11. The van der Waals surface area contributed by atoms with Gasteiger partial charge in [-0.1, -0.05) is 16.8 Å². The maximum Gasteiger partial charge on any atom is 0.128 e. The summed E-state index contributed by atoms with van der Waals surface area (Å²) in [5.74, 6) is 0.672. The van der Waals surface area contributed by atoms with Crippen LogP contribution in [-0.2, 0) is 0 Å². The molecule has 0 spiro atoms. The fourth-order valence-electron chi connectivity index (χ4n) is 1.38. The highest BCUT2D eigenvalue weighted by molar-refractivity contribution is 6.30. The summed E-state index contributed by atoms with van der Waals surface area (Å²) in [4.78, 5) is 2.10. The lowest BCUT2D eigenvalue weighted by Crippen LogP contribution is -2.15. The van der Waals surface area contributed by atoms with E-state index < -0.39 is 0 Å². The van der Waals surface area contributed by atoms with Crippen LogP contribution in [0, 0.1) is 0 Å². The summed E-state index contributed by atoms with van der Waals surface area (Å²) >= 11 is 5.85. The Hall–Kier alpha value is -1.26. The smallest absolute Gasteiger partial charge is 0.128 e. The van der Waals surface area contributed by atoms with Crippen molar-refractivity contribution in [3.05, 3.63) is 28.8 Å². The molecular weight excluding hydrogens is 240 g/mol. The van der Waals surface area contributed by atoms with Crippen molar-refractivity contribution >= 4 is 17.8 Å². The summed E-state index contributed by atoms with van der Waals surface area (Å²) in [5, 5.41) is 12.1. The number of ether oxygens (including phenoxy) is 1. The highest BCUT2D eigenvalue weighted by Crippen LogP contribution is 2.21. The van der Waals surface area contributed by atoms with Crippen LogP contribution in [0.5, 0.6) is 5.75 Å². The minimum absolute atomic E-state index is 0.584. The van der Waals surface area contributed by atoms with Gasteiger partial charge in [-0.25, -0.2) is 0 Å². The summed E-state index contributed by atoms with van der Waals surface area (Å²) in [6.45, 7) is 1.59. The number of halogens is 1. The zero-order valence-corrected chi connectivity index (χ0v) is 10.8. The van der Waals surface area contributed by atoms with E-state index in [2.05, 4.69) is 10.1 Å². The topological polar surface area (TPSA) is 45.1 Å². The number of hydrogen-bond donors (Lipinski definition) is 1. The summed E-state index contributed by atoms with van der Waals surface area (Å²) in [6, 6.07) is 5.22. The van der Waals surface area contributed by atoms with Gasteiger partial charge in [-0.05, 0) is 38.7 Å². The van der Waals surface area contributed by atoms with Gasteiger partial charge in [-0.2, -0.15) is 0 Å². The van der Waals surface area contributed by atoms with Crippen molar-refractivity contribution in [1.29, 1.82) is 0 Å². The lowest BCUT2D eigenvalue weighted by atomic mass is 10.2. The first-order valence-corrected chi connectivity index (χ1v) is 5.76. The Morgan fingerprint density at radius 3 is 2.88 bits per heavy atom. The predicted octanol–water partition coefficient (Wildman–Crippen LogP) is 2.48. The van der Waals surface area contributed by atoms with Crippen LogP contribution < -0.4 is 4.74 Å². The summed E-state index contributed by atoms with van der Waals surface area (Å²) in [6.07, 6.45) is 2.25. The third-order valence-electron chi connectivity index (χ3n) is 2.18. The van der Waals surface area contributed by atoms with Crippen LogP contribution in [0.3, 0.4) is 0 Å². The quantitative estimate of drug-likeness (QED) is 0.368. The Morgan fingerprint density at radius 2 is 2.24 bits per heavy atom. The molecule has 17 heavy (non-hydrogen) atoms. The van der Waals surface area contributed by atoms with Gasteiger partial charge >= 0.3 is 0 Å². The van der Waals surface area contributed by atoms with E-state index in [0.29, 0.717) is 22.9 Å². The van der Waals surface area contributed by atoms with Crippen molar-refractivity contribution in [2.75, 3.05) is 27.2 Å². The minimum Gasteiger partial charge on any atom is -0.493 e. The first-order chi connectivity index (χ1) is 8.13. The summed E-state index contributed by atoms with van der Waals surface area (Å²) in [5.41, 5.74) is 0.671. The number of hydrogen-bond acceptors (Lipinski definition) is 4. The molecule has 0 saturated carbocycles. The molecule has 0 unspecified atom stereocenters. The molecule has 1 rings (SSSR count). The largest absolute Gasteiger partial charge is 0.493 e. The van der Waals surface area contributed by atoms with Gasteiger partial charge in [0, 0.05) is 17.1 Å². The average molecular weight is 257 g/mol. The van der Waals surface area contributed by atoms with E-state index in [1.807, 2.05) is 14.1 Å². The van der Waals surface area contributed by atoms with E-state index in [0.717, 1.165) is 13.0 Å². The maximum atomic E-state index is 8.54. The van der Waals surface area contributed by atoms with E-state index in [-0.39, 0.29) is 0 Å². The van der Waals surface area contributed by atoms with Crippen molar-refractivity contribution < 1.29 is 9.94 Å². The van der Waals surface area contributed by atoms with E-state index in [9.17, 15) is 0 Å². The Balaban J connectivity index is 2.57. The average Bonchev–Trinajstić information content (AvgIpc) is 2.27. The van der Waals surface area contributed by atoms with E-state index >= 15 is 0 Å². The minimum atomic E-state index is 0.584. The molecule has 0 bridgehead atoms. The Morgan fingerprint density at radius 1 is 1.47 bits per heavy atom. The molecule has 0 radical (unpaired) electrons. The third-order valence-corrected chi connectivity index (χ3v) is 2.41. The molecule has 0 aliphatic carbocycles. The fraction of sp³-hybridized carbons (Fsp3) is 0.417. The third kappa shape index (κ3) is 5.06. The van der Waals surface area contributed by atoms with E-state index in [1.165, 1.54) is 6.21 Å². The first-order valence-electron chi connectivity index (χ1n) is 5.38. The molecule has 0 fully saturated rings. The standard InChI is InChI=1S/C12H17ClN2O2/c1-15(2)6-3-7-17-12-5-4-11(13)8-10(12)9-14-16/h4-5,8-9,16H,3,6-7H2,1-2H3. The van der Waals surface area contributed by atoms with Crippen LogP contribution in [0.2, 0.25) is 5.02 Å². The van der Waals surface area contributed by atoms with E-state index in [4.69, 9.17) is 21.5 Å². The van der Waals surface area contributed by atoms with Gasteiger partial charge < -0.3 is 14.8 Å². The Bertz CT molecular complexity index is 381. The maximum absolute atomic E-state index is 8.54. The molecule has 1 N–H and O–H groups in total. The van der Waals surface area contributed by atoms with Crippen LogP contribution in [0.4, 0.5) is 0 Å². The molecular formula is C12H17ClN2O2. The van der Waals surface area contributed by atoms with Crippen molar-refractivity contribution in [2.24, 2.45) is 5.16 Å². The van der Waals surface area contributed by atoms with Crippen LogP contribution in [-0.4, -0.2) is 43.6 Å². The van der Waals surface area contributed by atoms with Crippen molar-refractivity contribution in [2.45, 2.75) is 6.42 Å². The number of nitrogens with zero attached hydrogens (tertiary/aromatic N) is 2. The van der Waals surface area contributed by atoms with Gasteiger partial charge in [0.25, 0.3) is 0 Å². The summed E-state index contributed by atoms with van der Waals surface area (Å²) < 4.78 is 5.61. The number of rotatable bonds is 6. The molecule has 1 aromatic carbocycles. The zero-order valence-electron chi connectivity index (χ0n) is 10.1. The molecule has 0 aliphatic rings. The molecule has 1 aromatic rings. The second-order valence-electron chi connectivity index (χ2n) is 3.93. The molecule has 0 atom stereocenters. The number of oxime groups is 1. The second-order valence-corrected chi connectivity index (χ2v) is 4.37. The molecule has 94 valence electrons. The van der Waals surface area contributed by atoms with Crippen LogP contribution in [0.15, 0.2) is 23.4 Å². The molecule has 0 aromatic heterocycles. The van der Waals surface area contributed by atoms with Crippen molar-refractivity contribution in [3.8, 4) is 5.75 Å².